The first-order valence-electron chi connectivity index (χ1n) is 5.25. The molecule has 0 amide bonds. The molecule has 1 radical (unpaired) electrons. The zero-order valence-corrected chi connectivity index (χ0v) is 8.72. The largest absolute Gasteiger partial charge is 0.256 e. The van der Waals surface area contributed by atoms with Gasteiger partial charge in [0.25, 0.3) is 0 Å². The highest BCUT2D eigenvalue weighted by Crippen LogP contribution is 2.22. The number of rotatable bonds is 1. The van der Waals surface area contributed by atoms with Gasteiger partial charge in [-0.3, -0.25) is 4.98 Å². The standard InChI is InChI=1S/C15H10N/c1-2-6-13-11-14(9-8-12(13)5-1)15-7-3-4-10-16-15/h1-6,8-11H. The van der Waals surface area contributed by atoms with Crippen LogP contribution < -0.4 is 0 Å². The van der Waals surface area contributed by atoms with Crippen LogP contribution in [0.25, 0.3) is 22.0 Å². The highest BCUT2D eigenvalue weighted by Gasteiger charge is 1.99. The number of aromatic nitrogens is 1. The summed E-state index contributed by atoms with van der Waals surface area (Å²) in [4.78, 5) is 4.30. The van der Waals surface area contributed by atoms with Gasteiger partial charge in [-0.2, -0.15) is 0 Å². The normalized spacial score (nSPS) is 10.5. The molecule has 0 N–H and O–H groups in total. The van der Waals surface area contributed by atoms with Crippen LogP contribution in [-0.2, 0) is 0 Å². The van der Waals surface area contributed by atoms with Gasteiger partial charge >= 0.3 is 0 Å². The van der Waals surface area contributed by atoms with Crippen molar-refractivity contribution < 1.29 is 0 Å². The van der Waals surface area contributed by atoms with Crippen molar-refractivity contribution in [3.63, 3.8) is 0 Å². The van der Waals surface area contributed by atoms with Crippen molar-refractivity contribution in [1.82, 2.24) is 4.98 Å². The van der Waals surface area contributed by atoms with Gasteiger partial charge in [0.15, 0.2) is 0 Å². The Morgan fingerprint density at radius 1 is 0.875 bits per heavy atom. The third-order valence-electron chi connectivity index (χ3n) is 2.63. The van der Waals surface area contributed by atoms with Crippen LogP contribution in [0.4, 0.5) is 0 Å². The Bertz CT molecular complexity index is 614. The molecule has 1 aromatic heterocycles. The summed E-state index contributed by atoms with van der Waals surface area (Å²) in [6.45, 7) is 0. The van der Waals surface area contributed by atoms with Crippen LogP contribution >= 0.6 is 0 Å². The fourth-order valence-corrected chi connectivity index (χ4v) is 1.82. The van der Waals surface area contributed by atoms with Crippen molar-refractivity contribution in [1.29, 1.82) is 0 Å². The van der Waals surface area contributed by atoms with Crippen molar-refractivity contribution >= 4 is 10.8 Å². The Balaban J connectivity index is 2.19. The molecule has 1 heterocycles. The Kier molecular flexibility index (Phi) is 2.15. The van der Waals surface area contributed by atoms with E-state index in [0.717, 1.165) is 11.3 Å². The van der Waals surface area contributed by atoms with Gasteiger partial charge in [0.2, 0.25) is 0 Å². The SMILES string of the molecule is [c]1cccnc1-c1ccc2ccccc2c1. The molecular formula is C15H10N. The van der Waals surface area contributed by atoms with Crippen molar-refractivity contribution in [2.24, 2.45) is 0 Å². The summed E-state index contributed by atoms with van der Waals surface area (Å²) >= 11 is 0. The summed E-state index contributed by atoms with van der Waals surface area (Å²) in [5.41, 5.74) is 2.01. The summed E-state index contributed by atoms with van der Waals surface area (Å²) in [5, 5.41) is 2.49. The van der Waals surface area contributed by atoms with Gasteiger partial charge in [-0.05, 0) is 22.9 Å². The van der Waals surface area contributed by atoms with Crippen LogP contribution in [0.1, 0.15) is 0 Å². The van der Waals surface area contributed by atoms with E-state index in [1.54, 1.807) is 6.20 Å². The molecule has 0 aliphatic heterocycles. The van der Waals surface area contributed by atoms with E-state index in [0.29, 0.717) is 0 Å². The molecule has 1 heteroatoms. The molecule has 75 valence electrons. The average Bonchev–Trinajstić information content (AvgIpc) is 2.39. The minimum absolute atomic E-state index is 0.897. The summed E-state index contributed by atoms with van der Waals surface area (Å²) in [7, 11) is 0. The van der Waals surface area contributed by atoms with Gasteiger partial charge in [-0.1, -0.05) is 42.5 Å². The molecule has 0 fully saturated rings. The molecule has 16 heavy (non-hydrogen) atoms. The zero-order chi connectivity index (χ0) is 10.8. The Morgan fingerprint density at radius 3 is 2.56 bits per heavy atom. The van der Waals surface area contributed by atoms with Crippen LogP contribution in [-0.4, -0.2) is 4.98 Å². The third kappa shape index (κ3) is 1.57. The molecule has 0 aliphatic rings. The van der Waals surface area contributed by atoms with Gasteiger partial charge in [0, 0.05) is 17.8 Å². The molecule has 1 nitrogen and oxygen atoms in total. The van der Waals surface area contributed by atoms with Crippen molar-refractivity contribution in [3.05, 3.63) is 66.9 Å². The topological polar surface area (TPSA) is 12.9 Å². The molecule has 0 bridgehead atoms. The Labute approximate surface area is 94.4 Å². The van der Waals surface area contributed by atoms with Gasteiger partial charge in [-0.25, -0.2) is 0 Å². The van der Waals surface area contributed by atoms with E-state index in [1.807, 2.05) is 18.2 Å². The predicted molar refractivity (Wildman–Crippen MR) is 66.0 cm³/mol. The second-order valence-corrected chi connectivity index (χ2v) is 3.69. The highest BCUT2D eigenvalue weighted by molar-refractivity contribution is 5.86. The minimum Gasteiger partial charge on any atom is -0.256 e. The molecule has 0 spiro atoms. The molecule has 0 atom stereocenters. The maximum atomic E-state index is 4.30. The number of fused-ring (bicyclic) bond motifs is 1. The zero-order valence-electron chi connectivity index (χ0n) is 8.72. The van der Waals surface area contributed by atoms with E-state index < -0.39 is 0 Å². The number of nitrogens with zero attached hydrogens (tertiary/aromatic N) is 1. The number of hydrogen-bond acceptors (Lipinski definition) is 1. The molecule has 3 rings (SSSR count). The van der Waals surface area contributed by atoms with Crippen LogP contribution in [0.15, 0.2) is 60.8 Å². The van der Waals surface area contributed by atoms with Gasteiger partial charge in [0.1, 0.15) is 0 Å². The van der Waals surface area contributed by atoms with E-state index >= 15 is 0 Å². The van der Waals surface area contributed by atoms with E-state index in [4.69, 9.17) is 0 Å². The van der Waals surface area contributed by atoms with Gasteiger partial charge in [0.05, 0.1) is 5.69 Å². The van der Waals surface area contributed by atoms with Gasteiger partial charge in [-0.15, -0.1) is 0 Å². The van der Waals surface area contributed by atoms with Crippen LogP contribution in [0, 0.1) is 6.07 Å². The molecule has 0 saturated heterocycles. The molecule has 0 saturated carbocycles. The summed E-state index contributed by atoms with van der Waals surface area (Å²) < 4.78 is 0. The first kappa shape index (κ1) is 9.10. The second-order valence-electron chi connectivity index (χ2n) is 3.69. The van der Waals surface area contributed by atoms with Crippen LogP contribution in [0.3, 0.4) is 0 Å². The lowest BCUT2D eigenvalue weighted by molar-refractivity contribution is 1.32. The average molecular weight is 204 g/mol. The van der Waals surface area contributed by atoms with Crippen molar-refractivity contribution in [3.8, 4) is 11.3 Å². The highest BCUT2D eigenvalue weighted by atomic mass is 14.7. The van der Waals surface area contributed by atoms with E-state index in [2.05, 4.69) is 47.4 Å². The summed E-state index contributed by atoms with van der Waals surface area (Å²) in [6, 6.07) is 21.6. The maximum Gasteiger partial charge on any atom is 0.0781 e. The molecule has 2 aromatic carbocycles. The predicted octanol–water partition coefficient (Wildman–Crippen LogP) is 3.70. The fourth-order valence-electron chi connectivity index (χ4n) is 1.82. The number of benzene rings is 2. The molecule has 0 aliphatic carbocycles. The summed E-state index contributed by atoms with van der Waals surface area (Å²) in [5.74, 6) is 0. The maximum absolute atomic E-state index is 4.30. The number of pyridine rings is 1. The van der Waals surface area contributed by atoms with E-state index in [9.17, 15) is 0 Å². The minimum atomic E-state index is 0.897. The molecule has 3 aromatic rings. The Morgan fingerprint density at radius 2 is 1.75 bits per heavy atom. The first-order valence-corrected chi connectivity index (χ1v) is 5.25. The molecular weight excluding hydrogens is 194 g/mol. The first-order chi connectivity index (χ1) is 7.93. The number of hydrogen-bond donors (Lipinski definition) is 0. The third-order valence-corrected chi connectivity index (χ3v) is 2.63. The fraction of sp³-hybridized carbons (Fsp3) is 0. The second kappa shape index (κ2) is 3.78. The van der Waals surface area contributed by atoms with Gasteiger partial charge < -0.3 is 0 Å². The summed E-state index contributed by atoms with van der Waals surface area (Å²) in [6.07, 6.45) is 1.79. The lowest BCUT2D eigenvalue weighted by atomic mass is 10.0. The van der Waals surface area contributed by atoms with Crippen LogP contribution in [0.2, 0.25) is 0 Å². The quantitative estimate of drug-likeness (QED) is 0.589. The van der Waals surface area contributed by atoms with E-state index in [1.165, 1.54) is 10.8 Å². The Hall–Kier alpha value is -2.15. The molecule has 0 unspecified atom stereocenters. The van der Waals surface area contributed by atoms with Crippen molar-refractivity contribution in [2.45, 2.75) is 0 Å². The van der Waals surface area contributed by atoms with Crippen LogP contribution in [0.5, 0.6) is 0 Å². The lowest BCUT2D eigenvalue weighted by Gasteiger charge is -2.02. The van der Waals surface area contributed by atoms with Crippen molar-refractivity contribution in [2.75, 3.05) is 0 Å². The lowest BCUT2D eigenvalue weighted by Crippen LogP contribution is -1.82. The monoisotopic (exact) mass is 204 g/mol. The smallest absolute Gasteiger partial charge is 0.0781 e. The van der Waals surface area contributed by atoms with E-state index in [-0.39, 0.29) is 0 Å².